The summed E-state index contributed by atoms with van der Waals surface area (Å²) in [5.74, 6) is 1.55. The molecular weight excluding hydrogens is 226 g/mol. The van der Waals surface area contributed by atoms with Crippen LogP contribution in [0.25, 0.3) is 0 Å². The molecule has 0 fully saturated rings. The van der Waals surface area contributed by atoms with Crippen molar-refractivity contribution in [2.24, 2.45) is 5.92 Å². The van der Waals surface area contributed by atoms with E-state index in [1.807, 2.05) is 4.68 Å². The molecule has 0 radical (unpaired) electrons. The minimum absolute atomic E-state index is 0.0783. The van der Waals surface area contributed by atoms with Gasteiger partial charge in [-0.25, -0.2) is 4.68 Å². The van der Waals surface area contributed by atoms with Crippen LogP contribution in [0.5, 0.6) is 0 Å². The molecule has 1 aromatic heterocycles. The third-order valence-electron chi connectivity index (χ3n) is 3.45. The first-order valence-corrected chi connectivity index (χ1v) is 6.90. The number of hydrogen-bond acceptors (Lipinski definition) is 4. The molecule has 1 atom stereocenters. The predicted molar refractivity (Wildman–Crippen MR) is 73.2 cm³/mol. The van der Waals surface area contributed by atoms with Crippen LogP contribution in [0.1, 0.15) is 66.3 Å². The fourth-order valence-electron chi connectivity index (χ4n) is 2.16. The van der Waals surface area contributed by atoms with E-state index in [0.29, 0.717) is 18.5 Å². The summed E-state index contributed by atoms with van der Waals surface area (Å²) in [6, 6.07) is 0.353. The molecule has 0 saturated heterocycles. The fourth-order valence-corrected chi connectivity index (χ4v) is 2.16. The molecule has 5 nitrogen and oxygen atoms in total. The van der Waals surface area contributed by atoms with Gasteiger partial charge in [0.05, 0.1) is 12.6 Å². The van der Waals surface area contributed by atoms with Crippen LogP contribution in [0.15, 0.2) is 0 Å². The smallest absolute Gasteiger partial charge is 0.165 e. The van der Waals surface area contributed by atoms with Crippen LogP contribution < -0.4 is 5.32 Å². The summed E-state index contributed by atoms with van der Waals surface area (Å²) in [7, 11) is 0. The SMILES string of the molecule is CCC(CC)C(C)n1nnnc1CNC(C)(C)C. The molecule has 0 aliphatic heterocycles. The van der Waals surface area contributed by atoms with Gasteiger partial charge in [0.15, 0.2) is 5.82 Å². The predicted octanol–water partition coefficient (Wildman–Crippen LogP) is 2.56. The Bertz CT molecular complexity index is 349. The third-order valence-corrected chi connectivity index (χ3v) is 3.45. The van der Waals surface area contributed by atoms with Gasteiger partial charge in [-0.15, -0.1) is 5.10 Å². The first-order valence-electron chi connectivity index (χ1n) is 6.90. The monoisotopic (exact) mass is 253 g/mol. The average Bonchev–Trinajstić information content (AvgIpc) is 2.75. The molecule has 0 aromatic carbocycles. The van der Waals surface area contributed by atoms with E-state index in [0.717, 1.165) is 18.7 Å². The van der Waals surface area contributed by atoms with E-state index < -0.39 is 0 Å². The molecule has 1 rings (SSSR count). The second kappa shape index (κ2) is 6.27. The molecule has 0 amide bonds. The topological polar surface area (TPSA) is 55.6 Å². The van der Waals surface area contributed by atoms with Gasteiger partial charge in [0.25, 0.3) is 0 Å². The van der Waals surface area contributed by atoms with Gasteiger partial charge in [-0.2, -0.15) is 0 Å². The molecule has 1 unspecified atom stereocenters. The first kappa shape index (κ1) is 15.1. The maximum absolute atomic E-state index is 4.15. The van der Waals surface area contributed by atoms with Crippen LogP contribution in [0.4, 0.5) is 0 Å². The van der Waals surface area contributed by atoms with Crippen molar-refractivity contribution >= 4 is 0 Å². The van der Waals surface area contributed by atoms with Crippen LogP contribution in [-0.2, 0) is 6.54 Å². The van der Waals surface area contributed by atoms with Crippen molar-refractivity contribution in [3.05, 3.63) is 5.82 Å². The standard InChI is InChI=1S/C13H27N5/c1-7-11(8-2)10(3)18-12(15-16-17-18)9-14-13(4,5)6/h10-11,14H,7-9H2,1-6H3. The van der Waals surface area contributed by atoms with Crippen molar-refractivity contribution in [1.29, 1.82) is 0 Å². The van der Waals surface area contributed by atoms with Crippen molar-refractivity contribution in [2.75, 3.05) is 0 Å². The number of aromatic nitrogens is 4. The van der Waals surface area contributed by atoms with E-state index in [-0.39, 0.29) is 5.54 Å². The minimum atomic E-state index is 0.0783. The zero-order valence-electron chi connectivity index (χ0n) is 12.6. The van der Waals surface area contributed by atoms with Gasteiger partial charge in [0.1, 0.15) is 0 Å². The van der Waals surface area contributed by atoms with Crippen LogP contribution in [-0.4, -0.2) is 25.7 Å². The summed E-state index contributed by atoms with van der Waals surface area (Å²) in [4.78, 5) is 0. The Balaban J connectivity index is 2.75. The van der Waals surface area contributed by atoms with Gasteiger partial charge in [0, 0.05) is 5.54 Å². The van der Waals surface area contributed by atoms with Crippen LogP contribution >= 0.6 is 0 Å². The Hall–Kier alpha value is -0.970. The summed E-state index contributed by atoms with van der Waals surface area (Å²) in [5.41, 5.74) is 0.0783. The molecule has 18 heavy (non-hydrogen) atoms. The summed E-state index contributed by atoms with van der Waals surface area (Å²) in [6.07, 6.45) is 2.31. The number of hydrogen-bond donors (Lipinski definition) is 1. The summed E-state index contributed by atoms with van der Waals surface area (Å²) >= 11 is 0. The Kier molecular flexibility index (Phi) is 5.26. The molecule has 1 aromatic rings. The highest BCUT2D eigenvalue weighted by Crippen LogP contribution is 2.23. The lowest BCUT2D eigenvalue weighted by Crippen LogP contribution is -2.36. The zero-order chi connectivity index (χ0) is 13.8. The minimum Gasteiger partial charge on any atom is -0.305 e. The average molecular weight is 253 g/mol. The molecule has 5 heteroatoms. The van der Waals surface area contributed by atoms with Gasteiger partial charge >= 0.3 is 0 Å². The highest BCUT2D eigenvalue weighted by atomic mass is 15.6. The highest BCUT2D eigenvalue weighted by Gasteiger charge is 2.20. The number of nitrogens with zero attached hydrogens (tertiary/aromatic N) is 4. The van der Waals surface area contributed by atoms with E-state index in [4.69, 9.17) is 0 Å². The third kappa shape index (κ3) is 4.05. The number of tetrazole rings is 1. The van der Waals surface area contributed by atoms with Gasteiger partial charge < -0.3 is 5.32 Å². The van der Waals surface area contributed by atoms with Crippen LogP contribution in [0.2, 0.25) is 0 Å². The van der Waals surface area contributed by atoms with E-state index in [1.54, 1.807) is 0 Å². The zero-order valence-corrected chi connectivity index (χ0v) is 12.6. The Labute approximate surface area is 110 Å². The first-order chi connectivity index (χ1) is 8.39. The largest absolute Gasteiger partial charge is 0.305 e. The number of nitrogens with one attached hydrogen (secondary N) is 1. The van der Waals surface area contributed by atoms with Crippen LogP contribution in [0.3, 0.4) is 0 Å². The van der Waals surface area contributed by atoms with E-state index in [1.165, 1.54) is 0 Å². The Morgan fingerprint density at radius 1 is 1.22 bits per heavy atom. The molecule has 0 bridgehead atoms. The van der Waals surface area contributed by atoms with E-state index in [9.17, 15) is 0 Å². The molecule has 1 N–H and O–H groups in total. The summed E-state index contributed by atoms with van der Waals surface area (Å²) < 4.78 is 1.97. The van der Waals surface area contributed by atoms with Crippen LogP contribution in [0, 0.1) is 5.92 Å². The van der Waals surface area contributed by atoms with Crippen molar-refractivity contribution in [2.45, 2.75) is 72.5 Å². The molecular formula is C13H27N5. The van der Waals surface area contributed by atoms with Crippen molar-refractivity contribution in [1.82, 2.24) is 25.5 Å². The molecule has 0 spiro atoms. The second-order valence-corrected chi connectivity index (χ2v) is 5.96. The molecule has 0 aliphatic rings. The van der Waals surface area contributed by atoms with Gasteiger partial charge in [-0.1, -0.05) is 26.7 Å². The Morgan fingerprint density at radius 2 is 1.83 bits per heavy atom. The molecule has 0 saturated carbocycles. The lowest BCUT2D eigenvalue weighted by molar-refractivity contribution is 0.294. The van der Waals surface area contributed by atoms with Crippen molar-refractivity contribution in [3.8, 4) is 0 Å². The normalized spacial score (nSPS) is 14.2. The van der Waals surface area contributed by atoms with E-state index in [2.05, 4.69) is 62.4 Å². The number of rotatable bonds is 6. The summed E-state index contributed by atoms with van der Waals surface area (Å²) in [6.45, 7) is 13.8. The van der Waals surface area contributed by atoms with Crippen molar-refractivity contribution < 1.29 is 0 Å². The maximum Gasteiger partial charge on any atom is 0.165 e. The van der Waals surface area contributed by atoms with Gasteiger partial charge in [-0.3, -0.25) is 0 Å². The highest BCUT2D eigenvalue weighted by molar-refractivity contribution is 4.87. The molecule has 1 heterocycles. The fraction of sp³-hybridized carbons (Fsp3) is 0.923. The van der Waals surface area contributed by atoms with Crippen molar-refractivity contribution in [3.63, 3.8) is 0 Å². The van der Waals surface area contributed by atoms with E-state index >= 15 is 0 Å². The lowest BCUT2D eigenvalue weighted by atomic mass is 9.95. The lowest BCUT2D eigenvalue weighted by Gasteiger charge is -2.24. The quantitative estimate of drug-likeness (QED) is 0.846. The van der Waals surface area contributed by atoms with Gasteiger partial charge in [0.2, 0.25) is 0 Å². The second-order valence-electron chi connectivity index (χ2n) is 5.96. The van der Waals surface area contributed by atoms with Gasteiger partial charge in [-0.05, 0) is 44.0 Å². The molecule has 104 valence electrons. The summed E-state index contributed by atoms with van der Waals surface area (Å²) in [5, 5.41) is 15.5. The Morgan fingerprint density at radius 3 is 2.33 bits per heavy atom. The maximum atomic E-state index is 4.15. The molecule has 0 aliphatic carbocycles.